The Balaban J connectivity index is 1.65. The Bertz CT molecular complexity index is 900. The second-order valence-corrected chi connectivity index (χ2v) is 5.19. The highest BCUT2D eigenvalue weighted by molar-refractivity contribution is 5.94. The van der Waals surface area contributed by atoms with Gasteiger partial charge in [-0.1, -0.05) is 6.07 Å². The van der Waals surface area contributed by atoms with Crippen LogP contribution in [0, 0.1) is 11.3 Å². The van der Waals surface area contributed by atoms with Crippen molar-refractivity contribution in [1.82, 2.24) is 20.2 Å². The third-order valence-electron chi connectivity index (χ3n) is 3.39. The lowest BCUT2D eigenvalue weighted by atomic mass is 10.2. The zero-order valence-electron chi connectivity index (χ0n) is 13.3. The van der Waals surface area contributed by atoms with Gasteiger partial charge in [-0.2, -0.15) is 5.26 Å². The minimum absolute atomic E-state index is 0.294. The summed E-state index contributed by atoms with van der Waals surface area (Å²) in [5.41, 5.74) is 1.85. The summed E-state index contributed by atoms with van der Waals surface area (Å²) >= 11 is 0. The third kappa shape index (κ3) is 3.97. The van der Waals surface area contributed by atoms with Gasteiger partial charge in [-0.3, -0.25) is 4.79 Å². The number of rotatable bonds is 5. The van der Waals surface area contributed by atoms with Crippen molar-refractivity contribution in [1.29, 1.82) is 5.26 Å². The summed E-state index contributed by atoms with van der Waals surface area (Å²) in [5.74, 6) is 0.230. The highest BCUT2D eigenvalue weighted by Gasteiger charge is 2.15. The SMILES string of the molecule is CC(Oc1cccc(-n2cnnn2)c1)C(=O)Nc1ccc(C#N)cc1. The number of ether oxygens (including phenoxy) is 1. The van der Waals surface area contributed by atoms with Crippen LogP contribution in [0.4, 0.5) is 5.69 Å². The van der Waals surface area contributed by atoms with E-state index in [-0.39, 0.29) is 5.91 Å². The molecule has 8 heteroatoms. The molecule has 1 N–H and O–H groups in total. The summed E-state index contributed by atoms with van der Waals surface area (Å²) in [7, 11) is 0. The molecule has 0 fully saturated rings. The number of nitrogens with one attached hydrogen (secondary N) is 1. The molecule has 3 rings (SSSR count). The second-order valence-electron chi connectivity index (χ2n) is 5.19. The zero-order valence-corrected chi connectivity index (χ0v) is 13.3. The van der Waals surface area contributed by atoms with Crippen molar-refractivity contribution in [3.63, 3.8) is 0 Å². The number of nitriles is 1. The Labute approximate surface area is 143 Å². The van der Waals surface area contributed by atoms with Crippen LogP contribution in [0.1, 0.15) is 12.5 Å². The van der Waals surface area contributed by atoms with Crippen molar-refractivity contribution < 1.29 is 9.53 Å². The molecule has 0 radical (unpaired) electrons. The number of nitrogens with zero attached hydrogens (tertiary/aromatic N) is 5. The van der Waals surface area contributed by atoms with E-state index in [1.165, 1.54) is 11.0 Å². The Morgan fingerprint density at radius 2 is 2.08 bits per heavy atom. The fraction of sp³-hybridized carbons (Fsp3) is 0.118. The minimum Gasteiger partial charge on any atom is -0.481 e. The second kappa shape index (κ2) is 7.23. The van der Waals surface area contributed by atoms with E-state index in [1.807, 2.05) is 12.1 Å². The number of carbonyl (C=O) groups is 1. The number of anilines is 1. The summed E-state index contributed by atoms with van der Waals surface area (Å²) in [4.78, 5) is 12.2. The lowest BCUT2D eigenvalue weighted by molar-refractivity contribution is -0.122. The molecule has 1 unspecified atom stereocenters. The van der Waals surface area contributed by atoms with Crippen LogP contribution < -0.4 is 10.1 Å². The van der Waals surface area contributed by atoms with E-state index in [1.54, 1.807) is 49.4 Å². The van der Waals surface area contributed by atoms with Gasteiger partial charge in [-0.15, -0.1) is 5.10 Å². The summed E-state index contributed by atoms with van der Waals surface area (Å²) in [6.45, 7) is 1.66. The van der Waals surface area contributed by atoms with Crippen LogP contribution in [0.5, 0.6) is 5.75 Å². The maximum absolute atomic E-state index is 12.2. The standard InChI is InChI=1S/C17H14N6O2/c1-12(17(24)20-14-7-5-13(10-18)6-8-14)25-16-4-2-3-15(9-16)23-11-19-21-22-23/h2-9,11-12H,1H3,(H,20,24). The molecular weight excluding hydrogens is 320 g/mol. The van der Waals surface area contributed by atoms with E-state index >= 15 is 0 Å². The molecule has 0 aliphatic heterocycles. The predicted molar refractivity (Wildman–Crippen MR) is 89.0 cm³/mol. The van der Waals surface area contributed by atoms with E-state index in [2.05, 4.69) is 20.8 Å². The number of carbonyl (C=O) groups excluding carboxylic acids is 1. The number of hydrogen-bond donors (Lipinski definition) is 1. The Morgan fingerprint density at radius 1 is 1.28 bits per heavy atom. The first-order valence-electron chi connectivity index (χ1n) is 7.47. The van der Waals surface area contributed by atoms with E-state index in [4.69, 9.17) is 10.00 Å². The van der Waals surface area contributed by atoms with Crippen molar-refractivity contribution in [3.8, 4) is 17.5 Å². The lowest BCUT2D eigenvalue weighted by Gasteiger charge is -2.15. The first kappa shape index (κ1) is 16.1. The normalized spacial score (nSPS) is 11.4. The average Bonchev–Trinajstić information content (AvgIpc) is 3.17. The van der Waals surface area contributed by atoms with Gasteiger partial charge >= 0.3 is 0 Å². The monoisotopic (exact) mass is 334 g/mol. The molecule has 1 aromatic heterocycles. The lowest BCUT2D eigenvalue weighted by Crippen LogP contribution is -2.30. The zero-order chi connectivity index (χ0) is 17.6. The number of amides is 1. The number of tetrazole rings is 1. The van der Waals surface area contributed by atoms with Crippen molar-refractivity contribution in [2.45, 2.75) is 13.0 Å². The van der Waals surface area contributed by atoms with E-state index in [9.17, 15) is 4.79 Å². The smallest absolute Gasteiger partial charge is 0.265 e. The van der Waals surface area contributed by atoms with Gasteiger partial charge in [0.2, 0.25) is 0 Å². The highest BCUT2D eigenvalue weighted by atomic mass is 16.5. The molecule has 0 bridgehead atoms. The van der Waals surface area contributed by atoms with Crippen LogP contribution >= 0.6 is 0 Å². The van der Waals surface area contributed by atoms with Crippen molar-refractivity contribution >= 4 is 11.6 Å². The molecule has 0 aliphatic carbocycles. The maximum Gasteiger partial charge on any atom is 0.265 e. The quantitative estimate of drug-likeness (QED) is 0.764. The topological polar surface area (TPSA) is 106 Å². The minimum atomic E-state index is -0.709. The van der Waals surface area contributed by atoms with E-state index < -0.39 is 6.10 Å². The van der Waals surface area contributed by atoms with Crippen LogP contribution in [-0.2, 0) is 4.79 Å². The molecule has 1 amide bonds. The van der Waals surface area contributed by atoms with Gasteiger partial charge in [0, 0.05) is 11.8 Å². The molecular formula is C17H14N6O2. The molecule has 8 nitrogen and oxygen atoms in total. The van der Waals surface area contributed by atoms with Gasteiger partial charge in [-0.05, 0) is 53.7 Å². The molecule has 2 aromatic carbocycles. The van der Waals surface area contributed by atoms with Crippen molar-refractivity contribution in [3.05, 3.63) is 60.4 Å². The summed E-state index contributed by atoms with van der Waals surface area (Å²) in [6.07, 6.45) is 0.764. The first-order chi connectivity index (χ1) is 12.2. The summed E-state index contributed by atoms with van der Waals surface area (Å²) in [6, 6.07) is 15.7. The Hall–Kier alpha value is -3.73. The highest BCUT2D eigenvalue weighted by Crippen LogP contribution is 2.18. The fourth-order valence-electron chi connectivity index (χ4n) is 2.11. The van der Waals surface area contributed by atoms with Crippen LogP contribution in [-0.4, -0.2) is 32.2 Å². The number of aromatic nitrogens is 4. The molecule has 25 heavy (non-hydrogen) atoms. The molecule has 1 atom stereocenters. The van der Waals surface area contributed by atoms with Gasteiger partial charge in [0.25, 0.3) is 5.91 Å². The molecule has 0 saturated carbocycles. The van der Waals surface area contributed by atoms with Crippen LogP contribution in [0.15, 0.2) is 54.9 Å². The largest absolute Gasteiger partial charge is 0.481 e. The fourth-order valence-corrected chi connectivity index (χ4v) is 2.11. The molecule has 3 aromatic rings. The third-order valence-corrected chi connectivity index (χ3v) is 3.39. The van der Waals surface area contributed by atoms with Gasteiger partial charge in [-0.25, -0.2) is 4.68 Å². The first-order valence-corrected chi connectivity index (χ1v) is 7.47. The van der Waals surface area contributed by atoms with Crippen LogP contribution in [0.3, 0.4) is 0 Å². The van der Waals surface area contributed by atoms with Gasteiger partial charge in [0.15, 0.2) is 6.10 Å². The molecule has 124 valence electrons. The van der Waals surface area contributed by atoms with Crippen molar-refractivity contribution in [2.75, 3.05) is 5.32 Å². The van der Waals surface area contributed by atoms with Gasteiger partial charge in [0.1, 0.15) is 12.1 Å². The summed E-state index contributed by atoms with van der Waals surface area (Å²) < 4.78 is 7.18. The van der Waals surface area contributed by atoms with Crippen molar-refractivity contribution in [2.24, 2.45) is 0 Å². The summed E-state index contributed by atoms with van der Waals surface area (Å²) in [5, 5.41) is 22.5. The van der Waals surface area contributed by atoms with Gasteiger partial charge in [0.05, 0.1) is 17.3 Å². The molecule has 1 heterocycles. The van der Waals surface area contributed by atoms with Crippen LogP contribution in [0.25, 0.3) is 5.69 Å². The number of benzene rings is 2. The average molecular weight is 334 g/mol. The molecule has 0 saturated heterocycles. The van der Waals surface area contributed by atoms with E-state index in [0.29, 0.717) is 17.0 Å². The maximum atomic E-state index is 12.2. The van der Waals surface area contributed by atoms with Crippen LogP contribution in [0.2, 0.25) is 0 Å². The molecule has 0 aliphatic rings. The van der Waals surface area contributed by atoms with Gasteiger partial charge < -0.3 is 10.1 Å². The molecule has 0 spiro atoms. The Kier molecular flexibility index (Phi) is 4.67. The Morgan fingerprint density at radius 3 is 2.76 bits per heavy atom. The predicted octanol–water partition coefficient (Wildman–Crippen LogP) is 1.94. The number of hydrogen-bond acceptors (Lipinski definition) is 6. The van der Waals surface area contributed by atoms with E-state index in [0.717, 1.165) is 5.69 Å².